The van der Waals surface area contributed by atoms with Crippen LogP contribution in [0.2, 0.25) is 10.0 Å². The Labute approximate surface area is 110 Å². The van der Waals surface area contributed by atoms with Gasteiger partial charge >= 0.3 is 0 Å². The van der Waals surface area contributed by atoms with E-state index in [4.69, 9.17) is 33.7 Å². The maximum absolute atomic E-state index is 12.1. The average Bonchev–Trinajstić information content (AvgIpc) is 3.09. The van der Waals surface area contributed by atoms with Crippen molar-refractivity contribution < 1.29 is 9.13 Å². The fraction of sp³-hybridized carbons (Fsp3) is 0.500. The second-order valence-corrected chi connectivity index (χ2v) is 4.99. The zero-order chi connectivity index (χ0) is 12.4. The summed E-state index contributed by atoms with van der Waals surface area (Å²) in [6.07, 6.45) is 1.03. The van der Waals surface area contributed by atoms with Crippen LogP contribution in [-0.4, -0.2) is 19.8 Å². The maximum atomic E-state index is 12.1. The van der Waals surface area contributed by atoms with E-state index in [1.54, 1.807) is 12.1 Å². The van der Waals surface area contributed by atoms with Crippen LogP contribution < -0.4 is 10.5 Å². The molecule has 0 aromatic heterocycles. The third kappa shape index (κ3) is 2.84. The van der Waals surface area contributed by atoms with Crippen molar-refractivity contribution in [3.63, 3.8) is 0 Å². The lowest BCUT2D eigenvalue weighted by atomic mass is 10.1. The summed E-state index contributed by atoms with van der Waals surface area (Å²) in [7, 11) is 0. The minimum Gasteiger partial charge on any atom is -0.491 e. The van der Waals surface area contributed by atoms with Crippen molar-refractivity contribution in [2.24, 2.45) is 11.7 Å². The van der Waals surface area contributed by atoms with Crippen molar-refractivity contribution >= 4 is 23.2 Å². The molecule has 0 spiro atoms. The fourth-order valence-corrected chi connectivity index (χ4v) is 2.32. The Kier molecular flexibility index (Phi) is 4.13. The first-order valence-electron chi connectivity index (χ1n) is 5.55. The number of halogens is 3. The van der Waals surface area contributed by atoms with Crippen LogP contribution >= 0.6 is 23.2 Å². The molecule has 2 rings (SSSR count). The normalized spacial score (nSPS) is 22.6. The first kappa shape index (κ1) is 12.9. The molecule has 1 aliphatic rings. The molecular weight excluding hydrogens is 264 g/mol. The van der Waals surface area contributed by atoms with Gasteiger partial charge in [-0.15, -0.1) is 0 Å². The molecule has 1 aliphatic carbocycles. The molecule has 5 heteroatoms. The second kappa shape index (κ2) is 5.42. The lowest BCUT2D eigenvalue weighted by Gasteiger charge is -2.12. The molecule has 2 nitrogen and oxygen atoms in total. The van der Waals surface area contributed by atoms with Gasteiger partial charge in [0, 0.05) is 6.07 Å². The van der Waals surface area contributed by atoms with Gasteiger partial charge in [-0.05, 0) is 36.4 Å². The van der Waals surface area contributed by atoms with E-state index in [0.717, 1.165) is 12.0 Å². The predicted octanol–water partition coefficient (Wildman–Crippen LogP) is 3.40. The van der Waals surface area contributed by atoms with Crippen LogP contribution in [0.25, 0.3) is 0 Å². The SMILES string of the molecule is NCC1C[C@@H]1c1cc(Cl)c(Cl)cc1OCCF. The van der Waals surface area contributed by atoms with Gasteiger partial charge in [0.2, 0.25) is 0 Å². The molecule has 1 aromatic rings. The van der Waals surface area contributed by atoms with Crippen LogP contribution in [0.15, 0.2) is 12.1 Å². The Morgan fingerprint density at radius 1 is 1.35 bits per heavy atom. The van der Waals surface area contributed by atoms with Crippen molar-refractivity contribution in [1.82, 2.24) is 0 Å². The van der Waals surface area contributed by atoms with Gasteiger partial charge in [0.25, 0.3) is 0 Å². The average molecular weight is 278 g/mol. The third-order valence-electron chi connectivity index (χ3n) is 3.01. The Balaban J connectivity index is 2.25. The number of rotatable bonds is 5. The highest BCUT2D eigenvalue weighted by Gasteiger charge is 2.39. The smallest absolute Gasteiger partial charge is 0.124 e. The number of ether oxygens (including phenoxy) is 1. The Morgan fingerprint density at radius 3 is 2.65 bits per heavy atom. The monoisotopic (exact) mass is 277 g/mol. The summed E-state index contributed by atoms with van der Waals surface area (Å²) in [6.45, 7) is 0.156. The summed E-state index contributed by atoms with van der Waals surface area (Å²) in [5, 5.41) is 0.922. The van der Waals surface area contributed by atoms with E-state index in [1.165, 1.54) is 0 Å². The van der Waals surface area contributed by atoms with E-state index in [9.17, 15) is 4.39 Å². The lowest BCUT2D eigenvalue weighted by Crippen LogP contribution is -2.04. The van der Waals surface area contributed by atoms with E-state index in [0.29, 0.717) is 34.2 Å². The van der Waals surface area contributed by atoms with E-state index in [-0.39, 0.29) is 6.61 Å². The van der Waals surface area contributed by atoms with Gasteiger partial charge in [0.1, 0.15) is 19.0 Å². The third-order valence-corrected chi connectivity index (χ3v) is 3.73. The van der Waals surface area contributed by atoms with Gasteiger partial charge in [-0.25, -0.2) is 4.39 Å². The molecule has 2 atom stereocenters. The van der Waals surface area contributed by atoms with Crippen LogP contribution in [0.3, 0.4) is 0 Å². The minimum absolute atomic E-state index is 0.0327. The molecule has 0 heterocycles. The Hall–Kier alpha value is -0.510. The number of alkyl halides is 1. The van der Waals surface area contributed by atoms with Crippen LogP contribution in [0.5, 0.6) is 5.75 Å². The van der Waals surface area contributed by atoms with E-state index in [2.05, 4.69) is 0 Å². The summed E-state index contributed by atoms with van der Waals surface area (Å²) in [5.74, 6) is 1.46. The lowest BCUT2D eigenvalue weighted by molar-refractivity contribution is 0.271. The molecule has 2 N–H and O–H groups in total. The van der Waals surface area contributed by atoms with Gasteiger partial charge in [-0.3, -0.25) is 0 Å². The van der Waals surface area contributed by atoms with Crippen molar-refractivity contribution in [2.75, 3.05) is 19.8 Å². The van der Waals surface area contributed by atoms with Crippen LogP contribution in [0.4, 0.5) is 4.39 Å². The molecule has 0 saturated heterocycles. The zero-order valence-electron chi connectivity index (χ0n) is 9.26. The highest BCUT2D eigenvalue weighted by molar-refractivity contribution is 6.42. The molecule has 0 radical (unpaired) electrons. The maximum Gasteiger partial charge on any atom is 0.124 e. The molecule has 0 amide bonds. The molecule has 1 fully saturated rings. The quantitative estimate of drug-likeness (QED) is 0.895. The van der Waals surface area contributed by atoms with Crippen LogP contribution in [-0.2, 0) is 0 Å². The number of nitrogens with two attached hydrogens (primary N) is 1. The number of benzene rings is 1. The number of hydrogen-bond donors (Lipinski definition) is 1. The standard InChI is InChI=1S/C12H14Cl2FNO/c13-10-4-9(8-3-7(8)6-16)12(5-11(10)14)17-2-1-15/h4-5,7-8H,1-3,6,16H2/t7?,8-/m0/s1. The summed E-state index contributed by atoms with van der Waals surface area (Å²) in [4.78, 5) is 0. The van der Waals surface area contributed by atoms with Gasteiger partial charge in [-0.2, -0.15) is 0 Å². The predicted molar refractivity (Wildman–Crippen MR) is 67.8 cm³/mol. The molecule has 17 heavy (non-hydrogen) atoms. The molecule has 1 aromatic carbocycles. The Morgan fingerprint density at radius 2 is 2.06 bits per heavy atom. The van der Waals surface area contributed by atoms with Gasteiger partial charge in [0.05, 0.1) is 10.0 Å². The zero-order valence-corrected chi connectivity index (χ0v) is 10.8. The summed E-state index contributed by atoms with van der Waals surface area (Å²) in [5.41, 5.74) is 6.61. The number of hydrogen-bond acceptors (Lipinski definition) is 2. The highest BCUT2D eigenvalue weighted by Crippen LogP contribution is 2.51. The van der Waals surface area contributed by atoms with Crippen molar-refractivity contribution in [2.45, 2.75) is 12.3 Å². The van der Waals surface area contributed by atoms with E-state index >= 15 is 0 Å². The van der Waals surface area contributed by atoms with Crippen LogP contribution in [0.1, 0.15) is 17.9 Å². The summed E-state index contributed by atoms with van der Waals surface area (Å²) >= 11 is 11.9. The molecule has 1 saturated carbocycles. The topological polar surface area (TPSA) is 35.2 Å². The van der Waals surface area contributed by atoms with Crippen molar-refractivity contribution in [3.8, 4) is 5.75 Å². The molecular formula is C12H14Cl2FNO. The Bertz CT molecular complexity index is 414. The highest BCUT2D eigenvalue weighted by atomic mass is 35.5. The first-order valence-corrected chi connectivity index (χ1v) is 6.30. The van der Waals surface area contributed by atoms with Crippen molar-refractivity contribution in [3.05, 3.63) is 27.7 Å². The second-order valence-electron chi connectivity index (χ2n) is 4.18. The fourth-order valence-electron chi connectivity index (χ4n) is 2.00. The molecule has 0 bridgehead atoms. The van der Waals surface area contributed by atoms with Gasteiger partial charge in [0.15, 0.2) is 0 Å². The van der Waals surface area contributed by atoms with Gasteiger partial charge in [-0.1, -0.05) is 23.2 Å². The van der Waals surface area contributed by atoms with Crippen LogP contribution in [0, 0.1) is 5.92 Å². The largest absolute Gasteiger partial charge is 0.491 e. The summed E-state index contributed by atoms with van der Waals surface area (Å²) in [6, 6.07) is 3.46. The van der Waals surface area contributed by atoms with Crippen molar-refractivity contribution in [1.29, 1.82) is 0 Å². The molecule has 94 valence electrons. The van der Waals surface area contributed by atoms with Gasteiger partial charge < -0.3 is 10.5 Å². The van der Waals surface area contributed by atoms with E-state index < -0.39 is 6.67 Å². The molecule has 1 unspecified atom stereocenters. The minimum atomic E-state index is -0.523. The summed E-state index contributed by atoms with van der Waals surface area (Å²) < 4.78 is 17.5. The first-order chi connectivity index (χ1) is 8.17. The molecule has 0 aliphatic heterocycles. The van der Waals surface area contributed by atoms with E-state index in [1.807, 2.05) is 0 Å².